The molecule has 0 saturated carbocycles. The first-order valence-corrected chi connectivity index (χ1v) is 9.41. The summed E-state index contributed by atoms with van der Waals surface area (Å²) >= 11 is 6.59. The third-order valence-electron chi connectivity index (χ3n) is 5.08. The van der Waals surface area contributed by atoms with Gasteiger partial charge in [0.2, 0.25) is 0 Å². The van der Waals surface area contributed by atoms with E-state index in [-0.39, 0.29) is 5.92 Å². The number of hydrogen-bond donors (Lipinski definition) is 0. The Bertz CT molecular complexity index is 1140. The topological polar surface area (TPSA) is 65.2 Å². The number of rotatable bonds is 2. The second-order valence-electron chi connectivity index (χ2n) is 6.82. The van der Waals surface area contributed by atoms with E-state index in [9.17, 15) is 0 Å². The van der Waals surface area contributed by atoms with Crippen LogP contribution < -0.4 is 0 Å². The van der Waals surface area contributed by atoms with E-state index in [0.717, 1.165) is 41.9 Å². The highest BCUT2D eigenvalue weighted by atomic mass is 35.5. The Labute approximate surface area is 161 Å². The van der Waals surface area contributed by atoms with Crippen LogP contribution in [0.1, 0.15) is 24.4 Å². The van der Waals surface area contributed by atoms with Gasteiger partial charge in [0.1, 0.15) is 5.52 Å². The Morgan fingerprint density at radius 2 is 2.15 bits per heavy atom. The van der Waals surface area contributed by atoms with Crippen molar-refractivity contribution in [1.29, 1.82) is 0 Å². The molecule has 7 heteroatoms. The van der Waals surface area contributed by atoms with Gasteiger partial charge in [-0.2, -0.15) is 0 Å². The fraction of sp³-hybridized carbons (Fsp3) is 0.300. The monoisotopic (exact) mass is 379 g/mol. The fourth-order valence-corrected chi connectivity index (χ4v) is 3.97. The van der Waals surface area contributed by atoms with Crippen molar-refractivity contribution < 1.29 is 4.74 Å². The first-order chi connectivity index (χ1) is 13.2. The molecule has 6 nitrogen and oxygen atoms in total. The van der Waals surface area contributed by atoms with Crippen molar-refractivity contribution in [3.05, 3.63) is 58.7 Å². The molecular formula is C20H18ClN5O. The lowest BCUT2D eigenvalue weighted by Gasteiger charge is -2.23. The maximum atomic E-state index is 6.59. The van der Waals surface area contributed by atoms with Gasteiger partial charge in [-0.25, -0.2) is 9.97 Å². The van der Waals surface area contributed by atoms with Gasteiger partial charge < -0.3 is 4.74 Å². The molecule has 3 aromatic rings. The van der Waals surface area contributed by atoms with Gasteiger partial charge in [-0.1, -0.05) is 29.8 Å². The van der Waals surface area contributed by atoms with E-state index < -0.39 is 0 Å². The van der Waals surface area contributed by atoms with E-state index in [1.54, 1.807) is 6.20 Å². The Kier molecular flexibility index (Phi) is 4.02. The van der Waals surface area contributed by atoms with Crippen LogP contribution in [0.3, 0.4) is 0 Å². The minimum absolute atomic E-state index is 0.261. The SMILES string of the molecule is Cc1nc2cccnc2n2c(C3=CC(C4=CCCOC4)CC=C3Cl)nnc12. The zero-order chi connectivity index (χ0) is 18.4. The highest BCUT2D eigenvalue weighted by Gasteiger charge is 2.24. The van der Waals surface area contributed by atoms with E-state index in [2.05, 4.69) is 38.4 Å². The Hall–Kier alpha value is -2.57. The number of nitrogens with zero attached hydrogens (tertiary/aromatic N) is 5. The second-order valence-corrected chi connectivity index (χ2v) is 7.23. The summed E-state index contributed by atoms with van der Waals surface area (Å²) in [7, 11) is 0. The van der Waals surface area contributed by atoms with Crippen LogP contribution in [0, 0.1) is 12.8 Å². The average molecular weight is 380 g/mol. The summed E-state index contributed by atoms with van der Waals surface area (Å²) in [6.07, 6.45) is 10.1. The molecule has 1 aliphatic carbocycles. The van der Waals surface area contributed by atoms with Crippen molar-refractivity contribution in [3.8, 4) is 0 Å². The second kappa shape index (κ2) is 6.55. The molecule has 0 aromatic carbocycles. The first kappa shape index (κ1) is 16.6. The smallest absolute Gasteiger partial charge is 0.184 e. The molecule has 136 valence electrons. The maximum Gasteiger partial charge on any atom is 0.184 e. The molecule has 0 amide bonds. The Morgan fingerprint density at radius 3 is 3.00 bits per heavy atom. The van der Waals surface area contributed by atoms with Crippen LogP contribution in [0.4, 0.5) is 0 Å². The summed E-state index contributed by atoms with van der Waals surface area (Å²) in [5.41, 5.74) is 5.22. The molecular weight excluding hydrogens is 362 g/mol. The van der Waals surface area contributed by atoms with Gasteiger partial charge in [-0.3, -0.25) is 4.40 Å². The molecule has 0 N–H and O–H groups in total. The number of aryl methyl sites for hydroxylation is 1. The molecule has 2 aliphatic rings. The number of fused-ring (bicyclic) bond motifs is 3. The van der Waals surface area contributed by atoms with Gasteiger partial charge in [-0.05, 0) is 37.5 Å². The molecule has 4 heterocycles. The molecule has 0 fully saturated rings. The summed E-state index contributed by atoms with van der Waals surface area (Å²) in [6, 6.07) is 3.82. The number of halogens is 1. The Morgan fingerprint density at radius 1 is 1.22 bits per heavy atom. The normalized spacial score (nSPS) is 20.5. The van der Waals surface area contributed by atoms with Crippen molar-refractivity contribution >= 4 is 34.0 Å². The lowest BCUT2D eigenvalue weighted by molar-refractivity contribution is 0.145. The first-order valence-electron chi connectivity index (χ1n) is 9.04. The molecule has 1 atom stereocenters. The number of ether oxygens (including phenoxy) is 1. The van der Waals surface area contributed by atoms with Crippen LogP contribution in [-0.4, -0.2) is 37.8 Å². The minimum Gasteiger partial charge on any atom is -0.377 e. The van der Waals surface area contributed by atoms with Crippen LogP contribution in [0.5, 0.6) is 0 Å². The molecule has 0 bridgehead atoms. The van der Waals surface area contributed by atoms with Gasteiger partial charge in [0.25, 0.3) is 0 Å². The number of hydrogen-bond acceptors (Lipinski definition) is 5. The number of aromatic nitrogens is 5. The third-order valence-corrected chi connectivity index (χ3v) is 5.44. The zero-order valence-corrected chi connectivity index (χ0v) is 15.6. The summed E-state index contributed by atoms with van der Waals surface area (Å²) in [4.78, 5) is 9.10. The van der Waals surface area contributed by atoms with Gasteiger partial charge in [0.15, 0.2) is 17.1 Å². The highest BCUT2D eigenvalue weighted by molar-refractivity contribution is 6.37. The van der Waals surface area contributed by atoms with Crippen LogP contribution >= 0.6 is 11.6 Å². The lowest BCUT2D eigenvalue weighted by atomic mass is 9.88. The van der Waals surface area contributed by atoms with E-state index >= 15 is 0 Å². The van der Waals surface area contributed by atoms with Crippen molar-refractivity contribution in [2.75, 3.05) is 13.2 Å². The van der Waals surface area contributed by atoms with Gasteiger partial charge in [0, 0.05) is 22.7 Å². The summed E-state index contributed by atoms with van der Waals surface area (Å²) in [6.45, 7) is 3.40. The molecule has 5 rings (SSSR count). The summed E-state index contributed by atoms with van der Waals surface area (Å²) < 4.78 is 7.58. The average Bonchev–Trinajstić information content (AvgIpc) is 3.15. The lowest BCUT2D eigenvalue weighted by Crippen LogP contribution is -2.15. The number of allylic oxidation sites excluding steroid dienone is 4. The third kappa shape index (κ3) is 2.76. The van der Waals surface area contributed by atoms with Crippen LogP contribution in [0.25, 0.3) is 22.4 Å². The van der Waals surface area contributed by atoms with Crippen LogP contribution in [0.2, 0.25) is 0 Å². The molecule has 0 spiro atoms. The van der Waals surface area contributed by atoms with Gasteiger partial charge >= 0.3 is 0 Å². The van der Waals surface area contributed by atoms with Crippen molar-refractivity contribution in [3.63, 3.8) is 0 Å². The van der Waals surface area contributed by atoms with Crippen molar-refractivity contribution in [1.82, 2.24) is 24.6 Å². The van der Waals surface area contributed by atoms with E-state index in [1.807, 2.05) is 23.5 Å². The molecule has 0 radical (unpaired) electrons. The van der Waals surface area contributed by atoms with Crippen molar-refractivity contribution in [2.24, 2.45) is 5.92 Å². The Balaban J connectivity index is 1.71. The number of pyridine rings is 1. The van der Waals surface area contributed by atoms with Gasteiger partial charge in [-0.15, -0.1) is 10.2 Å². The maximum absolute atomic E-state index is 6.59. The fourth-order valence-electron chi connectivity index (χ4n) is 3.74. The molecule has 1 unspecified atom stereocenters. The molecule has 27 heavy (non-hydrogen) atoms. The molecule has 3 aromatic heterocycles. The van der Waals surface area contributed by atoms with Crippen molar-refractivity contribution in [2.45, 2.75) is 19.8 Å². The standard InChI is InChI=1S/C20H18ClN5O/c1-12-18-24-25-19(26(18)20-17(23-12)5-2-8-22-20)15-10-13(6-7-16(15)21)14-4-3-9-27-11-14/h2,4-5,7-8,10,13H,3,6,9,11H2,1H3. The highest BCUT2D eigenvalue weighted by Crippen LogP contribution is 2.36. The molecule has 1 aliphatic heterocycles. The van der Waals surface area contributed by atoms with Crippen LogP contribution in [-0.2, 0) is 4.74 Å². The van der Waals surface area contributed by atoms with E-state index in [0.29, 0.717) is 23.1 Å². The minimum atomic E-state index is 0.261. The van der Waals surface area contributed by atoms with E-state index in [4.69, 9.17) is 16.3 Å². The van der Waals surface area contributed by atoms with Crippen LogP contribution in [0.15, 0.2) is 47.2 Å². The quantitative estimate of drug-likeness (QED) is 0.633. The summed E-state index contributed by atoms with van der Waals surface area (Å²) in [5.74, 6) is 0.958. The van der Waals surface area contributed by atoms with E-state index in [1.165, 1.54) is 5.57 Å². The predicted octanol–water partition coefficient (Wildman–Crippen LogP) is 3.85. The molecule has 0 saturated heterocycles. The largest absolute Gasteiger partial charge is 0.377 e. The zero-order valence-electron chi connectivity index (χ0n) is 14.9. The predicted molar refractivity (Wildman–Crippen MR) is 104 cm³/mol. The van der Waals surface area contributed by atoms with Gasteiger partial charge in [0.05, 0.1) is 18.9 Å². The summed E-state index contributed by atoms with van der Waals surface area (Å²) in [5, 5.41) is 9.50.